The van der Waals surface area contributed by atoms with E-state index in [-0.39, 0.29) is 12.1 Å². The first-order chi connectivity index (χ1) is 16.2. The van der Waals surface area contributed by atoms with Crippen LogP contribution in [0.5, 0.6) is 5.75 Å². The second-order valence-electron chi connectivity index (χ2n) is 7.67. The predicted molar refractivity (Wildman–Crippen MR) is 133 cm³/mol. The summed E-state index contributed by atoms with van der Waals surface area (Å²) in [4.78, 5) is 7.90. The highest BCUT2D eigenvalue weighted by Crippen LogP contribution is 2.41. The zero-order chi connectivity index (χ0) is 22.6. The number of methoxy groups -OCH3 is 1. The van der Waals surface area contributed by atoms with E-state index < -0.39 is 0 Å². The van der Waals surface area contributed by atoms with Crippen molar-refractivity contribution in [2.75, 3.05) is 7.11 Å². The summed E-state index contributed by atoms with van der Waals surface area (Å²) in [5.74, 6) is 1.68. The summed E-state index contributed by atoms with van der Waals surface area (Å²) in [6, 6.07) is 28.0. The maximum atomic E-state index is 6.35. The first-order valence-corrected chi connectivity index (χ1v) is 11.9. The zero-order valence-corrected chi connectivity index (χ0v) is 19.7. The summed E-state index contributed by atoms with van der Waals surface area (Å²) in [5, 5.41) is 5.00. The van der Waals surface area contributed by atoms with Crippen LogP contribution in [0.4, 0.5) is 0 Å². The first kappa shape index (κ1) is 21.6. The third kappa shape index (κ3) is 4.74. The molecule has 1 aliphatic rings. The first-order valence-electron chi connectivity index (χ1n) is 10.6. The van der Waals surface area contributed by atoms with Crippen molar-refractivity contribution < 1.29 is 9.15 Å². The normalized spacial score (nSPS) is 17.7. The smallest absolute Gasteiger partial charge is 0.170 e. The number of nitrogens with zero attached hydrogens (tertiary/aromatic N) is 2. The molecular formula is C26H23N3O2S2. The molecular weight excluding hydrogens is 450 g/mol. The van der Waals surface area contributed by atoms with Gasteiger partial charge < -0.3 is 19.4 Å². The summed E-state index contributed by atoms with van der Waals surface area (Å²) >= 11 is 7.38. The Morgan fingerprint density at radius 2 is 1.79 bits per heavy atom. The summed E-state index contributed by atoms with van der Waals surface area (Å²) < 4.78 is 11.6. The Bertz CT molecular complexity index is 1210. The van der Waals surface area contributed by atoms with Gasteiger partial charge in [0.2, 0.25) is 0 Å². The Kier molecular flexibility index (Phi) is 6.32. The van der Waals surface area contributed by atoms with E-state index in [4.69, 9.17) is 21.4 Å². The Hall–Kier alpha value is -3.29. The maximum absolute atomic E-state index is 6.35. The second kappa shape index (κ2) is 9.68. The molecule has 1 fully saturated rings. The van der Waals surface area contributed by atoms with Crippen LogP contribution in [-0.4, -0.2) is 22.1 Å². The molecule has 3 heterocycles. The Labute approximate surface area is 202 Å². The van der Waals surface area contributed by atoms with E-state index in [0.29, 0.717) is 11.7 Å². The molecule has 2 aromatic carbocycles. The number of benzene rings is 2. The monoisotopic (exact) mass is 473 g/mol. The van der Waals surface area contributed by atoms with Gasteiger partial charge in [0.25, 0.3) is 0 Å². The Morgan fingerprint density at radius 3 is 2.52 bits per heavy atom. The van der Waals surface area contributed by atoms with E-state index in [1.54, 1.807) is 18.9 Å². The standard InChI is InChI=1S/C26H23N3O2S2/c1-30-19-12-10-18(11-13-19)17-29-25(24(28-26(29)32)21-9-5-6-16-27-21)22-14-15-23(31-22)33-20-7-3-2-4-8-20/h2-16,24-25H,17H2,1H3,(H,28,32)/t24-,25-/m1/s1. The van der Waals surface area contributed by atoms with Crippen molar-refractivity contribution >= 4 is 29.1 Å². The molecule has 5 rings (SSSR count). The quantitative estimate of drug-likeness (QED) is 0.330. The molecule has 1 aliphatic heterocycles. The van der Waals surface area contributed by atoms with E-state index in [1.165, 1.54) is 0 Å². The molecule has 0 spiro atoms. The number of hydrogen-bond donors (Lipinski definition) is 1. The van der Waals surface area contributed by atoms with Crippen molar-refractivity contribution in [2.24, 2.45) is 0 Å². The number of aromatic nitrogens is 1. The molecule has 7 heteroatoms. The minimum absolute atomic E-state index is 0.113. The Morgan fingerprint density at radius 1 is 1.00 bits per heavy atom. The number of furan rings is 1. The van der Waals surface area contributed by atoms with Crippen molar-refractivity contribution in [1.29, 1.82) is 0 Å². The van der Waals surface area contributed by atoms with Crippen molar-refractivity contribution in [3.63, 3.8) is 0 Å². The van der Waals surface area contributed by atoms with Crippen molar-refractivity contribution in [1.82, 2.24) is 15.2 Å². The minimum Gasteiger partial charge on any atom is -0.497 e. The molecule has 166 valence electrons. The molecule has 0 saturated carbocycles. The maximum Gasteiger partial charge on any atom is 0.170 e. The topological polar surface area (TPSA) is 50.5 Å². The number of hydrogen-bond acceptors (Lipinski definition) is 5. The molecule has 2 aromatic heterocycles. The van der Waals surface area contributed by atoms with Gasteiger partial charge in [-0.2, -0.15) is 0 Å². The average molecular weight is 474 g/mol. The summed E-state index contributed by atoms with van der Waals surface area (Å²) in [6.45, 7) is 0.645. The summed E-state index contributed by atoms with van der Waals surface area (Å²) in [7, 11) is 1.67. The van der Waals surface area contributed by atoms with Crippen LogP contribution in [0.25, 0.3) is 0 Å². The number of rotatable bonds is 7. The van der Waals surface area contributed by atoms with E-state index in [0.717, 1.165) is 32.8 Å². The van der Waals surface area contributed by atoms with Crippen molar-refractivity contribution in [3.05, 3.63) is 108 Å². The molecule has 0 bridgehead atoms. The Balaban J connectivity index is 1.46. The van der Waals surface area contributed by atoms with Crippen LogP contribution >= 0.6 is 24.0 Å². The summed E-state index contributed by atoms with van der Waals surface area (Å²) in [5.41, 5.74) is 2.06. The lowest BCUT2D eigenvalue weighted by atomic mass is 10.0. The molecule has 1 saturated heterocycles. The second-order valence-corrected chi connectivity index (χ2v) is 9.14. The molecule has 2 atom stereocenters. The van der Waals surface area contributed by atoms with Gasteiger partial charge in [-0.05, 0) is 66.3 Å². The molecule has 0 aliphatic carbocycles. The van der Waals surface area contributed by atoms with Gasteiger partial charge in [-0.1, -0.05) is 48.2 Å². The molecule has 4 aromatic rings. The third-order valence-electron chi connectivity index (χ3n) is 5.57. The van der Waals surface area contributed by atoms with Gasteiger partial charge in [-0.15, -0.1) is 0 Å². The fourth-order valence-corrected chi connectivity index (χ4v) is 5.07. The van der Waals surface area contributed by atoms with Gasteiger partial charge in [0.1, 0.15) is 17.6 Å². The predicted octanol–water partition coefficient (Wildman–Crippen LogP) is 6.01. The largest absolute Gasteiger partial charge is 0.497 e. The van der Waals surface area contributed by atoms with Crippen molar-refractivity contribution in [2.45, 2.75) is 28.6 Å². The van der Waals surface area contributed by atoms with Gasteiger partial charge in [0, 0.05) is 17.6 Å². The lowest BCUT2D eigenvalue weighted by Crippen LogP contribution is -2.29. The highest BCUT2D eigenvalue weighted by atomic mass is 32.2. The van der Waals surface area contributed by atoms with E-state index in [2.05, 4.69) is 39.5 Å². The highest BCUT2D eigenvalue weighted by Gasteiger charge is 2.41. The third-order valence-corrected chi connectivity index (χ3v) is 6.85. The molecule has 5 nitrogen and oxygen atoms in total. The minimum atomic E-state index is -0.125. The molecule has 0 amide bonds. The molecule has 0 radical (unpaired) electrons. The fourth-order valence-electron chi connectivity index (χ4n) is 3.97. The molecule has 1 N–H and O–H groups in total. The van der Waals surface area contributed by atoms with E-state index in [9.17, 15) is 0 Å². The lowest BCUT2D eigenvalue weighted by molar-refractivity contribution is 0.254. The number of ether oxygens (including phenoxy) is 1. The van der Waals surface area contributed by atoms with Gasteiger partial charge in [0.05, 0.1) is 18.8 Å². The number of thiocarbonyl (C=S) groups is 1. The van der Waals surface area contributed by atoms with Crippen LogP contribution in [0.1, 0.15) is 29.1 Å². The van der Waals surface area contributed by atoms with Gasteiger partial charge in [0.15, 0.2) is 10.2 Å². The van der Waals surface area contributed by atoms with Crippen LogP contribution in [0.15, 0.2) is 106 Å². The number of pyridine rings is 1. The van der Waals surface area contributed by atoms with E-state index in [1.807, 2.05) is 66.9 Å². The number of nitrogens with one attached hydrogen (secondary N) is 1. The van der Waals surface area contributed by atoms with Gasteiger partial charge >= 0.3 is 0 Å². The van der Waals surface area contributed by atoms with Gasteiger partial charge in [-0.3, -0.25) is 4.98 Å². The van der Waals surface area contributed by atoms with Crippen LogP contribution < -0.4 is 10.1 Å². The van der Waals surface area contributed by atoms with E-state index >= 15 is 0 Å². The van der Waals surface area contributed by atoms with Gasteiger partial charge in [-0.25, -0.2) is 0 Å². The SMILES string of the molecule is COc1ccc(CN2C(=S)N[C@H](c3ccccn3)[C@H]2c2ccc(Sc3ccccc3)o2)cc1. The molecule has 0 unspecified atom stereocenters. The summed E-state index contributed by atoms with van der Waals surface area (Å²) in [6.07, 6.45) is 1.81. The van der Waals surface area contributed by atoms with Crippen LogP contribution in [0.2, 0.25) is 0 Å². The fraction of sp³-hybridized carbons (Fsp3) is 0.154. The zero-order valence-electron chi connectivity index (χ0n) is 18.0. The van der Waals surface area contributed by atoms with Crippen LogP contribution in [0, 0.1) is 0 Å². The van der Waals surface area contributed by atoms with Crippen LogP contribution in [0.3, 0.4) is 0 Å². The molecule has 33 heavy (non-hydrogen) atoms. The van der Waals surface area contributed by atoms with Crippen molar-refractivity contribution in [3.8, 4) is 5.75 Å². The average Bonchev–Trinajstić information content (AvgIpc) is 3.45. The van der Waals surface area contributed by atoms with Crippen LogP contribution in [-0.2, 0) is 6.54 Å². The lowest BCUT2D eigenvalue weighted by Gasteiger charge is -2.26. The highest BCUT2D eigenvalue weighted by molar-refractivity contribution is 7.99.